The Morgan fingerprint density at radius 3 is 2.53 bits per heavy atom. The maximum atomic E-state index is 6.49. The molecule has 1 N–H and O–H groups in total. The van der Waals surface area contributed by atoms with Crippen LogP contribution in [0.1, 0.15) is 11.1 Å². The number of hydrogen-bond donors (Lipinski definition) is 1. The van der Waals surface area contributed by atoms with Gasteiger partial charge in [0, 0.05) is 28.9 Å². The SMILES string of the molecule is COc1cc(CNc2ccc3c(c2)OCCO3)cc(Cl)c1OCc1ccccc1Cl. The maximum Gasteiger partial charge on any atom is 0.180 e. The number of ether oxygens (including phenoxy) is 4. The molecule has 4 rings (SSSR count). The predicted octanol–water partition coefficient (Wildman–Crippen LogP) is 5.96. The summed E-state index contributed by atoms with van der Waals surface area (Å²) in [5.41, 5.74) is 2.76. The number of halogens is 2. The zero-order chi connectivity index (χ0) is 20.9. The lowest BCUT2D eigenvalue weighted by Gasteiger charge is -2.19. The molecule has 156 valence electrons. The number of anilines is 1. The third-order valence-electron chi connectivity index (χ3n) is 4.66. The van der Waals surface area contributed by atoms with E-state index in [1.807, 2.05) is 54.6 Å². The second-order valence-corrected chi connectivity index (χ2v) is 7.52. The first-order valence-corrected chi connectivity index (χ1v) is 10.3. The highest BCUT2D eigenvalue weighted by Crippen LogP contribution is 2.38. The maximum absolute atomic E-state index is 6.49. The van der Waals surface area contributed by atoms with Gasteiger partial charge in [-0.1, -0.05) is 41.4 Å². The summed E-state index contributed by atoms with van der Waals surface area (Å²) in [4.78, 5) is 0. The number of rotatable bonds is 7. The van der Waals surface area contributed by atoms with Crippen LogP contribution < -0.4 is 24.3 Å². The number of hydrogen-bond acceptors (Lipinski definition) is 5. The highest BCUT2D eigenvalue weighted by molar-refractivity contribution is 6.32. The highest BCUT2D eigenvalue weighted by Gasteiger charge is 2.14. The minimum Gasteiger partial charge on any atom is -0.493 e. The van der Waals surface area contributed by atoms with Crippen LogP contribution in [0.5, 0.6) is 23.0 Å². The summed E-state index contributed by atoms with van der Waals surface area (Å²) in [5.74, 6) is 2.55. The summed E-state index contributed by atoms with van der Waals surface area (Å²) in [6.07, 6.45) is 0. The van der Waals surface area contributed by atoms with E-state index in [1.165, 1.54) is 0 Å². The van der Waals surface area contributed by atoms with Gasteiger partial charge < -0.3 is 24.3 Å². The molecule has 3 aromatic rings. The van der Waals surface area contributed by atoms with Crippen molar-refractivity contribution < 1.29 is 18.9 Å². The second-order valence-electron chi connectivity index (χ2n) is 6.70. The minimum atomic E-state index is 0.296. The van der Waals surface area contributed by atoms with Gasteiger partial charge in [0.15, 0.2) is 23.0 Å². The molecule has 0 unspecified atom stereocenters. The van der Waals surface area contributed by atoms with E-state index >= 15 is 0 Å². The molecule has 0 saturated heterocycles. The Hall–Kier alpha value is -2.76. The molecule has 1 aliphatic rings. The van der Waals surface area contributed by atoms with Gasteiger partial charge in [0.05, 0.1) is 12.1 Å². The van der Waals surface area contributed by atoms with E-state index in [2.05, 4.69) is 5.32 Å². The van der Waals surface area contributed by atoms with Crippen molar-refractivity contribution in [2.45, 2.75) is 13.2 Å². The van der Waals surface area contributed by atoms with Gasteiger partial charge in [-0.25, -0.2) is 0 Å². The fraction of sp³-hybridized carbons (Fsp3) is 0.217. The molecule has 1 heterocycles. The van der Waals surface area contributed by atoms with Crippen molar-refractivity contribution in [1.29, 1.82) is 0 Å². The largest absolute Gasteiger partial charge is 0.493 e. The molecule has 0 aromatic heterocycles. The third-order valence-corrected chi connectivity index (χ3v) is 5.31. The second kappa shape index (κ2) is 9.37. The van der Waals surface area contributed by atoms with E-state index in [-0.39, 0.29) is 0 Å². The molecule has 1 aliphatic heterocycles. The van der Waals surface area contributed by atoms with Crippen LogP contribution in [0.4, 0.5) is 5.69 Å². The Bertz CT molecular complexity index is 1040. The van der Waals surface area contributed by atoms with Gasteiger partial charge in [-0.15, -0.1) is 0 Å². The summed E-state index contributed by atoms with van der Waals surface area (Å²) in [6, 6.07) is 17.1. The molecule has 0 radical (unpaired) electrons. The van der Waals surface area contributed by atoms with E-state index in [0.717, 1.165) is 28.3 Å². The van der Waals surface area contributed by atoms with Gasteiger partial charge in [0.1, 0.15) is 19.8 Å². The van der Waals surface area contributed by atoms with Gasteiger partial charge in [0.25, 0.3) is 0 Å². The van der Waals surface area contributed by atoms with Crippen LogP contribution in [0.15, 0.2) is 54.6 Å². The minimum absolute atomic E-state index is 0.296. The average Bonchev–Trinajstić information content (AvgIpc) is 2.77. The van der Waals surface area contributed by atoms with E-state index in [0.29, 0.717) is 47.9 Å². The van der Waals surface area contributed by atoms with Crippen molar-refractivity contribution in [2.75, 3.05) is 25.6 Å². The summed E-state index contributed by atoms with van der Waals surface area (Å²) >= 11 is 12.7. The Morgan fingerprint density at radius 1 is 0.933 bits per heavy atom. The zero-order valence-corrected chi connectivity index (χ0v) is 17.9. The third kappa shape index (κ3) is 4.69. The van der Waals surface area contributed by atoms with Crippen molar-refractivity contribution in [3.63, 3.8) is 0 Å². The summed E-state index contributed by atoms with van der Waals surface area (Å²) in [6.45, 7) is 1.98. The van der Waals surface area contributed by atoms with Crippen molar-refractivity contribution in [1.82, 2.24) is 0 Å². The summed E-state index contributed by atoms with van der Waals surface area (Å²) < 4.78 is 22.6. The molecule has 0 saturated carbocycles. The van der Waals surface area contributed by atoms with Crippen LogP contribution in [-0.4, -0.2) is 20.3 Å². The van der Waals surface area contributed by atoms with Crippen LogP contribution in [0.2, 0.25) is 10.0 Å². The molecule has 0 spiro atoms. The van der Waals surface area contributed by atoms with Gasteiger partial charge in [-0.05, 0) is 35.9 Å². The van der Waals surface area contributed by atoms with E-state index in [1.54, 1.807) is 7.11 Å². The van der Waals surface area contributed by atoms with Gasteiger partial charge >= 0.3 is 0 Å². The molecular formula is C23H21Cl2NO4. The molecule has 0 amide bonds. The Kier molecular flexibility index (Phi) is 6.41. The smallest absolute Gasteiger partial charge is 0.180 e. The molecular weight excluding hydrogens is 425 g/mol. The lowest BCUT2D eigenvalue weighted by atomic mass is 10.2. The molecule has 3 aromatic carbocycles. The van der Waals surface area contributed by atoms with Crippen LogP contribution in [0.3, 0.4) is 0 Å². The lowest BCUT2D eigenvalue weighted by molar-refractivity contribution is 0.171. The molecule has 0 atom stereocenters. The Balaban J connectivity index is 1.46. The predicted molar refractivity (Wildman–Crippen MR) is 119 cm³/mol. The van der Waals surface area contributed by atoms with Crippen molar-refractivity contribution in [2.24, 2.45) is 0 Å². The number of benzene rings is 3. The van der Waals surface area contributed by atoms with Crippen LogP contribution in [-0.2, 0) is 13.2 Å². The first-order chi connectivity index (χ1) is 14.6. The van der Waals surface area contributed by atoms with E-state index < -0.39 is 0 Å². The number of nitrogens with one attached hydrogen (secondary N) is 1. The van der Waals surface area contributed by atoms with E-state index in [4.69, 9.17) is 42.1 Å². The molecule has 7 heteroatoms. The zero-order valence-electron chi connectivity index (χ0n) is 16.4. The van der Waals surface area contributed by atoms with E-state index in [9.17, 15) is 0 Å². The number of fused-ring (bicyclic) bond motifs is 1. The van der Waals surface area contributed by atoms with Gasteiger partial charge in [0.2, 0.25) is 0 Å². The van der Waals surface area contributed by atoms with Crippen molar-refractivity contribution >= 4 is 28.9 Å². The quantitative estimate of drug-likeness (QED) is 0.485. The topological polar surface area (TPSA) is 49.0 Å². The van der Waals surface area contributed by atoms with Gasteiger partial charge in [-0.2, -0.15) is 0 Å². The first kappa shape index (κ1) is 20.5. The van der Waals surface area contributed by atoms with Crippen LogP contribution >= 0.6 is 23.2 Å². The fourth-order valence-corrected chi connectivity index (χ4v) is 3.62. The fourth-order valence-electron chi connectivity index (χ4n) is 3.14. The first-order valence-electron chi connectivity index (χ1n) is 9.50. The van der Waals surface area contributed by atoms with Crippen molar-refractivity contribution in [3.05, 3.63) is 75.8 Å². The Labute approximate surface area is 185 Å². The molecule has 0 bridgehead atoms. The summed E-state index contributed by atoms with van der Waals surface area (Å²) in [5, 5.41) is 4.49. The molecule has 0 aliphatic carbocycles. The number of methoxy groups -OCH3 is 1. The highest BCUT2D eigenvalue weighted by atomic mass is 35.5. The molecule has 30 heavy (non-hydrogen) atoms. The normalized spacial score (nSPS) is 12.4. The lowest BCUT2D eigenvalue weighted by Crippen LogP contribution is -2.15. The van der Waals surface area contributed by atoms with Gasteiger partial charge in [-0.3, -0.25) is 0 Å². The van der Waals surface area contributed by atoms with Crippen LogP contribution in [0.25, 0.3) is 0 Å². The van der Waals surface area contributed by atoms with Crippen molar-refractivity contribution in [3.8, 4) is 23.0 Å². The monoisotopic (exact) mass is 445 g/mol. The Morgan fingerprint density at radius 2 is 1.73 bits per heavy atom. The molecule has 5 nitrogen and oxygen atoms in total. The molecule has 0 fully saturated rings. The average molecular weight is 446 g/mol. The van der Waals surface area contributed by atoms with Crippen LogP contribution in [0, 0.1) is 0 Å². The summed E-state index contributed by atoms with van der Waals surface area (Å²) in [7, 11) is 1.59. The standard InChI is InChI=1S/C23H21Cl2NO4/c1-27-22-11-15(13-26-17-6-7-20-21(12-17)29-9-8-28-20)10-19(25)23(22)30-14-16-4-2-3-5-18(16)24/h2-7,10-12,26H,8-9,13-14H2,1H3.